The Labute approximate surface area is 129 Å². The van der Waals surface area contributed by atoms with Gasteiger partial charge in [-0.3, -0.25) is 4.72 Å². The van der Waals surface area contributed by atoms with E-state index in [1.165, 1.54) is 6.07 Å². The van der Waals surface area contributed by atoms with Crippen LogP contribution in [0.4, 0.5) is 18.9 Å². The molecular weight excluding hydrogens is 373 g/mol. The Kier molecular flexibility index (Phi) is 4.84. The van der Waals surface area contributed by atoms with Gasteiger partial charge in [0.05, 0.1) is 16.5 Å². The van der Waals surface area contributed by atoms with Crippen molar-refractivity contribution in [3.63, 3.8) is 0 Å². The predicted molar refractivity (Wildman–Crippen MR) is 77.6 cm³/mol. The van der Waals surface area contributed by atoms with Crippen molar-refractivity contribution in [3.8, 4) is 0 Å². The standard InChI is InChI=1S/C12H14BrF3N2O2S/c13-10-4-3-8(12(14,15)16)6-11(10)18-21(19,20)9-2-1-5-17-7-9/h3-4,6,9,17-18H,1-2,5,7H2. The highest BCUT2D eigenvalue weighted by Crippen LogP contribution is 2.34. The molecule has 1 aromatic carbocycles. The summed E-state index contributed by atoms with van der Waals surface area (Å²) >= 11 is 3.06. The van der Waals surface area contributed by atoms with E-state index in [9.17, 15) is 21.6 Å². The fourth-order valence-corrected chi connectivity index (χ4v) is 4.03. The predicted octanol–water partition coefficient (Wildman–Crippen LogP) is 2.96. The number of hydrogen-bond acceptors (Lipinski definition) is 3. The van der Waals surface area contributed by atoms with Crippen LogP contribution in [0.15, 0.2) is 22.7 Å². The maximum Gasteiger partial charge on any atom is 0.416 e. The largest absolute Gasteiger partial charge is 0.416 e. The fourth-order valence-electron chi connectivity index (χ4n) is 2.10. The van der Waals surface area contributed by atoms with Crippen LogP contribution in [0.25, 0.3) is 0 Å². The van der Waals surface area contributed by atoms with Crippen LogP contribution in [0, 0.1) is 0 Å². The lowest BCUT2D eigenvalue weighted by Gasteiger charge is -2.24. The first-order valence-electron chi connectivity index (χ1n) is 6.29. The average Bonchev–Trinajstić information content (AvgIpc) is 2.41. The number of hydrogen-bond donors (Lipinski definition) is 2. The Morgan fingerprint density at radius 1 is 1.33 bits per heavy atom. The Bertz CT molecular complexity index is 613. The zero-order valence-corrected chi connectivity index (χ0v) is 13.3. The van der Waals surface area contributed by atoms with Gasteiger partial charge in [0.25, 0.3) is 0 Å². The Morgan fingerprint density at radius 2 is 2.05 bits per heavy atom. The number of sulfonamides is 1. The molecule has 118 valence electrons. The van der Waals surface area contributed by atoms with E-state index in [-0.39, 0.29) is 10.2 Å². The molecule has 0 amide bonds. The van der Waals surface area contributed by atoms with E-state index in [4.69, 9.17) is 0 Å². The molecule has 0 radical (unpaired) electrons. The molecule has 1 saturated heterocycles. The van der Waals surface area contributed by atoms with E-state index in [2.05, 4.69) is 26.0 Å². The van der Waals surface area contributed by atoms with E-state index in [0.29, 0.717) is 13.0 Å². The summed E-state index contributed by atoms with van der Waals surface area (Å²) in [5, 5.41) is 2.32. The van der Waals surface area contributed by atoms with Gasteiger partial charge < -0.3 is 5.32 Å². The molecule has 0 aliphatic carbocycles. The third kappa shape index (κ3) is 4.10. The van der Waals surface area contributed by atoms with Crippen molar-refractivity contribution in [3.05, 3.63) is 28.2 Å². The Hall–Kier alpha value is -0.800. The van der Waals surface area contributed by atoms with E-state index in [0.717, 1.165) is 25.1 Å². The zero-order valence-electron chi connectivity index (χ0n) is 10.9. The third-order valence-electron chi connectivity index (χ3n) is 3.24. The van der Waals surface area contributed by atoms with Crippen LogP contribution in [0.5, 0.6) is 0 Å². The first-order chi connectivity index (χ1) is 9.70. The molecule has 1 fully saturated rings. The molecule has 1 unspecified atom stereocenters. The Balaban J connectivity index is 2.26. The first kappa shape index (κ1) is 16.6. The summed E-state index contributed by atoms with van der Waals surface area (Å²) in [6.07, 6.45) is -3.32. The second-order valence-corrected chi connectivity index (χ2v) is 7.62. The fraction of sp³-hybridized carbons (Fsp3) is 0.500. The molecular formula is C12H14BrF3N2O2S. The first-order valence-corrected chi connectivity index (χ1v) is 8.63. The number of anilines is 1. The number of piperidine rings is 1. The van der Waals surface area contributed by atoms with Crippen LogP contribution in [0.2, 0.25) is 0 Å². The van der Waals surface area contributed by atoms with Crippen molar-refractivity contribution in [2.45, 2.75) is 24.3 Å². The minimum Gasteiger partial charge on any atom is -0.315 e. The summed E-state index contributed by atoms with van der Waals surface area (Å²) in [6.45, 7) is 1.05. The van der Waals surface area contributed by atoms with Crippen molar-refractivity contribution in [2.75, 3.05) is 17.8 Å². The van der Waals surface area contributed by atoms with E-state index >= 15 is 0 Å². The molecule has 1 aromatic rings. The van der Waals surface area contributed by atoms with Crippen LogP contribution in [0.3, 0.4) is 0 Å². The number of rotatable bonds is 3. The van der Waals surface area contributed by atoms with Gasteiger partial charge >= 0.3 is 6.18 Å². The topological polar surface area (TPSA) is 58.2 Å². The van der Waals surface area contributed by atoms with Crippen molar-refractivity contribution < 1.29 is 21.6 Å². The van der Waals surface area contributed by atoms with E-state index in [1.807, 2.05) is 0 Å². The van der Waals surface area contributed by atoms with E-state index < -0.39 is 27.0 Å². The van der Waals surface area contributed by atoms with Crippen LogP contribution < -0.4 is 10.0 Å². The summed E-state index contributed by atoms with van der Waals surface area (Å²) in [7, 11) is -3.73. The van der Waals surface area contributed by atoms with Gasteiger partial charge in [-0.15, -0.1) is 0 Å². The lowest BCUT2D eigenvalue weighted by atomic mass is 10.2. The van der Waals surface area contributed by atoms with Gasteiger partial charge in [-0.25, -0.2) is 8.42 Å². The van der Waals surface area contributed by atoms with Gasteiger partial charge in [-0.05, 0) is 53.5 Å². The molecule has 0 saturated carbocycles. The van der Waals surface area contributed by atoms with Gasteiger partial charge in [0, 0.05) is 11.0 Å². The van der Waals surface area contributed by atoms with E-state index in [1.54, 1.807) is 0 Å². The zero-order chi connectivity index (χ0) is 15.7. The maximum absolute atomic E-state index is 12.7. The number of nitrogens with one attached hydrogen (secondary N) is 2. The maximum atomic E-state index is 12.7. The molecule has 1 atom stereocenters. The van der Waals surface area contributed by atoms with Crippen molar-refractivity contribution >= 4 is 31.6 Å². The van der Waals surface area contributed by atoms with Crippen LogP contribution in [-0.4, -0.2) is 26.8 Å². The molecule has 9 heteroatoms. The smallest absolute Gasteiger partial charge is 0.315 e. The lowest BCUT2D eigenvalue weighted by molar-refractivity contribution is -0.137. The second kappa shape index (κ2) is 6.13. The molecule has 21 heavy (non-hydrogen) atoms. The van der Waals surface area contributed by atoms with Crippen LogP contribution >= 0.6 is 15.9 Å². The molecule has 4 nitrogen and oxygen atoms in total. The highest BCUT2D eigenvalue weighted by atomic mass is 79.9. The normalized spacial score (nSPS) is 20.3. The average molecular weight is 387 g/mol. The number of benzene rings is 1. The van der Waals surface area contributed by atoms with Crippen molar-refractivity contribution in [2.24, 2.45) is 0 Å². The molecule has 0 bridgehead atoms. The summed E-state index contributed by atoms with van der Waals surface area (Å²) in [6, 6.07) is 2.86. The highest BCUT2D eigenvalue weighted by Gasteiger charge is 2.32. The number of alkyl halides is 3. The van der Waals surface area contributed by atoms with Gasteiger partial charge in [0.2, 0.25) is 10.0 Å². The van der Waals surface area contributed by atoms with Crippen molar-refractivity contribution in [1.29, 1.82) is 0 Å². The molecule has 0 aromatic heterocycles. The van der Waals surface area contributed by atoms with Crippen LogP contribution in [0.1, 0.15) is 18.4 Å². The molecule has 2 N–H and O–H groups in total. The minimum absolute atomic E-state index is 0.101. The number of halogens is 4. The quantitative estimate of drug-likeness (QED) is 0.839. The monoisotopic (exact) mass is 386 g/mol. The minimum atomic E-state index is -4.52. The summed E-state index contributed by atoms with van der Waals surface area (Å²) in [4.78, 5) is 0. The Morgan fingerprint density at radius 3 is 2.62 bits per heavy atom. The van der Waals surface area contributed by atoms with Gasteiger partial charge in [0.1, 0.15) is 0 Å². The lowest BCUT2D eigenvalue weighted by Crippen LogP contribution is -2.41. The van der Waals surface area contributed by atoms with Gasteiger partial charge in [-0.2, -0.15) is 13.2 Å². The molecule has 1 aliphatic heterocycles. The van der Waals surface area contributed by atoms with Crippen LogP contribution in [-0.2, 0) is 16.2 Å². The SMILES string of the molecule is O=S(=O)(Nc1cc(C(F)(F)F)ccc1Br)C1CCCNC1. The summed E-state index contributed by atoms with van der Waals surface area (Å²) in [5.74, 6) is 0. The summed E-state index contributed by atoms with van der Waals surface area (Å²) < 4.78 is 65.0. The van der Waals surface area contributed by atoms with Gasteiger partial charge in [-0.1, -0.05) is 0 Å². The molecule has 0 spiro atoms. The summed E-state index contributed by atoms with van der Waals surface area (Å²) in [5.41, 5.74) is -0.999. The highest BCUT2D eigenvalue weighted by molar-refractivity contribution is 9.10. The molecule has 2 rings (SSSR count). The van der Waals surface area contributed by atoms with Gasteiger partial charge in [0.15, 0.2) is 0 Å². The molecule has 1 heterocycles. The third-order valence-corrected chi connectivity index (χ3v) is 5.71. The molecule has 1 aliphatic rings. The van der Waals surface area contributed by atoms with Crippen molar-refractivity contribution in [1.82, 2.24) is 5.32 Å². The second-order valence-electron chi connectivity index (χ2n) is 4.81.